The summed E-state index contributed by atoms with van der Waals surface area (Å²) in [6, 6.07) is 5.66. The second-order valence-corrected chi connectivity index (χ2v) is 7.43. The van der Waals surface area contributed by atoms with Gasteiger partial charge in [0.25, 0.3) is 0 Å². The average Bonchev–Trinajstić information content (AvgIpc) is 2.97. The smallest absolute Gasteiger partial charge is 0.244 e. The molecule has 2 aromatic rings. The Hall–Kier alpha value is -2.25. The van der Waals surface area contributed by atoms with Crippen LogP contribution in [0, 0.1) is 6.92 Å². The molecule has 1 aliphatic rings. The third-order valence-corrected chi connectivity index (χ3v) is 5.65. The van der Waals surface area contributed by atoms with Crippen molar-refractivity contribution in [1.29, 1.82) is 0 Å². The first kappa shape index (κ1) is 20.5. The number of benzene rings is 1. The summed E-state index contributed by atoms with van der Waals surface area (Å²) >= 11 is 12.2. The average molecular weight is 425 g/mol. The van der Waals surface area contributed by atoms with E-state index in [0.717, 1.165) is 5.69 Å². The first-order valence-corrected chi connectivity index (χ1v) is 9.67. The zero-order chi connectivity index (χ0) is 20.4. The van der Waals surface area contributed by atoms with Crippen LogP contribution in [0.15, 0.2) is 18.2 Å². The van der Waals surface area contributed by atoms with Gasteiger partial charge in [-0.1, -0.05) is 23.2 Å². The molecule has 1 aromatic heterocycles. The summed E-state index contributed by atoms with van der Waals surface area (Å²) in [5, 5.41) is 5.06. The molecule has 0 bridgehead atoms. The summed E-state index contributed by atoms with van der Waals surface area (Å²) in [5.74, 6) is 0.363. The van der Waals surface area contributed by atoms with Crippen molar-refractivity contribution < 1.29 is 14.3 Å². The Morgan fingerprint density at radius 2 is 1.86 bits per heavy atom. The van der Waals surface area contributed by atoms with E-state index in [1.54, 1.807) is 18.9 Å². The van der Waals surface area contributed by atoms with E-state index in [2.05, 4.69) is 10.00 Å². The third-order valence-electron chi connectivity index (χ3n) is 4.88. The Balaban J connectivity index is 1.63. The van der Waals surface area contributed by atoms with Crippen LogP contribution >= 0.6 is 23.2 Å². The molecule has 2 heterocycles. The molecular formula is C19H22Cl2N4O3. The number of halogens is 2. The number of piperazine rings is 1. The highest BCUT2D eigenvalue weighted by molar-refractivity contribution is 6.34. The molecule has 0 unspecified atom stereocenters. The number of anilines is 1. The molecular weight excluding hydrogens is 403 g/mol. The van der Waals surface area contributed by atoms with E-state index >= 15 is 0 Å². The Labute approximate surface area is 173 Å². The maximum atomic E-state index is 12.7. The fourth-order valence-electron chi connectivity index (χ4n) is 3.19. The minimum atomic E-state index is -0.216. The summed E-state index contributed by atoms with van der Waals surface area (Å²) in [4.78, 5) is 28.2. The number of ether oxygens (including phenoxy) is 1. The van der Waals surface area contributed by atoms with Crippen LogP contribution in [0.5, 0.6) is 5.75 Å². The van der Waals surface area contributed by atoms with Crippen molar-refractivity contribution in [1.82, 2.24) is 14.7 Å². The van der Waals surface area contributed by atoms with Gasteiger partial charge in [0.2, 0.25) is 5.91 Å². The third kappa shape index (κ3) is 4.10. The highest BCUT2D eigenvalue weighted by atomic mass is 35.5. The summed E-state index contributed by atoms with van der Waals surface area (Å²) < 4.78 is 6.77. The molecule has 0 radical (unpaired) electrons. The molecule has 1 amide bonds. The normalized spacial score (nSPS) is 14.3. The van der Waals surface area contributed by atoms with Crippen molar-refractivity contribution in [2.45, 2.75) is 20.4 Å². The lowest BCUT2D eigenvalue weighted by Gasteiger charge is -2.36. The number of hydrogen-bond donors (Lipinski definition) is 0. The Morgan fingerprint density at radius 3 is 2.43 bits per heavy atom. The highest BCUT2D eigenvalue weighted by Gasteiger charge is 2.24. The number of aromatic nitrogens is 2. The summed E-state index contributed by atoms with van der Waals surface area (Å²) in [5.41, 5.74) is 1.83. The number of amides is 1. The molecule has 3 rings (SSSR count). The van der Waals surface area contributed by atoms with Crippen molar-refractivity contribution >= 4 is 40.6 Å². The molecule has 0 atom stereocenters. The van der Waals surface area contributed by atoms with Gasteiger partial charge >= 0.3 is 0 Å². The van der Waals surface area contributed by atoms with Crippen molar-refractivity contribution in [3.05, 3.63) is 39.6 Å². The van der Waals surface area contributed by atoms with E-state index in [1.807, 2.05) is 18.2 Å². The van der Waals surface area contributed by atoms with Gasteiger partial charge in [0.05, 0.1) is 22.8 Å². The van der Waals surface area contributed by atoms with Gasteiger partial charge in [0.15, 0.2) is 5.78 Å². The predicted molar refractivity (Wildman–Crippen MR) is 109 cm³/mol. The lowest BCUT2D eigenvalue weighted by atomic mass is 10.2. The number of carbonyl (C=O) groups is 2. The maximum absolute atomic E-state index is 12.7. The van der Waals surface area contributed by atoms with Crippen LogP contribution in [0.4, 0.5) is 5.69 Å². The molecule has 0 spiro atoms. The van der Waals surface area contributed by atoms with Gasteiger partial charge in [0, 0.05) is 44.9 Å². The number of methoxy groups -OCH3 is 1. The van der Waals surface area contributed by atoms with Crippen LogP contribution in [0.25, 0.3) is 0 Å². The van der Waals surface area contributed by atoms with Gasteiger partial charge in [-0.25, -0.2) is 0 Å². The number of carbonyl (C=O) groups excluding carboxylic acids is 2. The van der Waals surface area contributed by atoms with Crippen LogP contribution in [0.2, 0.25) is 10.0 Å². The van der Waals surface area contributed by atoms with Gasteiger partial charge in [-0.3, -0.25) is 14.3 Å². The molecule has 1 aromatic carbocycles. The predicted octanol–water partition coefficient (Wildman–Crippen LogP) is 3.06. The van der Waals surface area contributed by atoms with Crippen LogP contribution in [-0.4, -0.2) is 59.7 Å². The number of nitrogens with zero attached hydrogens (tertiary/aromatic N) is 4. The Kier molecular flexibility index (Phi) is 6.15. The van der Waals surface area contributed by atoms with Crippen molar-refractivity contribution in [3.8, 4) is 5.75 Å². The van der Waals surface area contributed by atoms with Gasteiger partial charge in [0.1, 0.15) is 18.0 Å². The molecule has 28 heavy (non-hydrogen) atoms. The maximum Gasteiger partial charge on any atom is 0.244 e. The minimum absolute atomic E-state index is 0.0503. The number of rotatable bonds is 5. The monoisotopic (exact) mass is 424 g/mol. The highest BCUT2D eigenvalue weighted by Crippen LogP contribution is 2.30. The van der Waals surface area contributed by atoms with Crippen LogP contribution in [0.1, 0.15) is 23.1 Å². The Bertz CT molecular complexity index is 905. The molecule has 0 saturated carbocycles. The zero-order valence-corrected chi connectivity index (χ0v) is 17.5. The molecule has 0 N–H and O–H groups in total. The first-order valence-electron chi connectivity index (χ1n) is 8.92. The molecule has 0 aliphatic carbocycles. The zero-order valence-electron chi connectivity index (χ0n) is 16.0. The summed E-state index contributed by atoms with van der Waals surface area (Å²) in [6.45, 7) is 5.82. The molecule has 1 saturated heterocycles. The molecule has 1 fully saturated rings. The SMILES string of the molecule is COc1cc(N2CCN(C(=O)Cn3nc(C(C)=O)c(Cl)c3C)CC2)ccc1Cl. The molecule has 9 heteroatoms. The van der Waals surface area contributed by atoms with E-state index < -0.39 is 0 Å². The second kappa shape index (κ2) is 8.41. The lowest BCUT2D eigenvalue weighted by molar-refractivity contribution is -0.132. The topological polar surface area (TPSA) is 67.7 Å². The van der Waals surface area contributed by atoms with Gasteiger partial charge in [-0.05, 0) is 19.1 Å². The minimum Gasteiger partial charge on any atom is -0.495 e. The van der Waals surface area contributed by atoms with Crippen LogP contribution in [0.3, 0.4) is 0 Å². The van der Waals surface area contributed by atoms with Crippen molar-refractivity contribution in [3.63, 3.8) is 0 Å². The molecule has 150 valence electrons. The lowest BCUT2D eigenvalue weighted by Crippen LogP contribution is -2.49. The van der Waals surface area contributed by atoms with E-state index in [0.29, 0.717) is 47.7 Å². The van der Waals surface area contributed by atoms with E-state index in [9.17, 15) is 9.59 Å². The second-order valence-electron chi connectivity index (χ2n) is 6.65. The van der Waals surface area contributed by atoms with Crippen molar-refractivity contribution in [2.24, 2.45) is 0 Å². The first-order chi connectivity index (χ1) is 13.3. The van der Waals surface area contributed by atoms with Gasteiger partial charge in [-0.2, -0.15) is 5.10 Å². The van der Waals surface area contributed by atoms with Gasteiger partial charge in [-0.15, -0.1) is 0 Å². The molecule has 7 nitrogen and oxygen atoms in total. The quantitative estimate of drug-likeness (QED) is 0.689. The van der Waals surface area contributed by atoms with Crippen LogP contribution in [-0.2, 0) is 11.3 Å². The summed E-state index contributed by atoms with van der Waals surface area (Å²) in [6.07, 6.45) is 0. The summed E-state index contributed by atoms with van der Waals surface area (Å²) in [7, 11) is 1.59. The fraction of sp³-hybridized carbons (Fsp3) is 0.421. The Morgan fingerprint density at radius 1 is 1.18 bits per heavy atom. The standard InChI is InChI=1S/C19H22Cl2N4O3/c1-12-18(21)19(13(2)26)22-25(12)11-17(27)24-8-6-23(7-9-24)14-4-5-15(20)16(10-14)28-3/h4-5,10H,6-9,11H2,1-3H3. The molecule has 1 aliphatic heterocycles. The number of hydrogen-bond acceptors (Lipinski definition) is 5. The van der Waals surface area contributed by atoms with Crippen LogP contribution < -0.4 is 9.64 Å². The van der Waals surface area contributed by atoms with Gasteiger partial charge < -0.3 is 14.5 Å². The number of Topliss-reactive ketones (excluding diaryl/α,β-unsaturated/α-hetero) is 1. The van der Waals surface area contributed by atoms with E-state index in [1.165, 1.54) is 11.6 Å². The van der Waals surface area contributed by atoms with E-state index in [-0.39, 0.29) is 23.9 Å². The number of ketones is 1. The van der Waals surface area contributed by atoms with E-state index in [4.69, 9.17) is 27.9 Å². The van der Waals surface area contributed by atoms with Crippen molar-refractivity contribution in [2.75, 3.05) is 38.2 Å². The fourth-order valence-corrected chi connectivity index (χ4v) is 3.65. The largest absolute Gasteiger partial charge is 0.495 e.